The highest BCUT2D eigenvalue weighted by atomic mass is 16.5. The first-order chi connectivity index (χ1) is 11.0. The molecule has 1 amide bonds. The topological polar surface area (TPSA) is 84.7 Å². The van der Waals surface area contributed by atoms with Crippen LogP contribution in [0.4, 0.5) is 0 Å². The van der Waals surface area contributed by atoms with Crippen molar-refractivity contribution in [1.82, 2.24) is 14.7 Å². The van der Waals surface area contributed by atoms with Crippen LogP contribution in [-0.4, -0.2) is 58.0 Å². The molecule has 2 aliphatic rings. The number of rotatable bonds is 4. The first kappa shape index (κ1) is 16.0. The van der Waals surface area contributed by atoms with E-state index in [9.17, 15) is 14.7 Å². The lowest BCUT2D eigenvalue weighted by Crippen LogP contribution is -2.40. The van der Waals surface area contributed by atoms with Crippen molar-refractivity contribution >= 4 is 11.9 Å². The van der Waals surface area contributed by atoms with Gasteiger partial charge in [-0.3, -0.25) is 14.3 Å². The molecule has 0 aliphatic carbocycles. The molecule has 0 saturated carbocycles. The predicted octanol–water partition coefficient (Wildman–Crippen LogP) is 0.692. The number of carbonyl (C=O) groups is 2. The summed E-state index contributed by atoms with van der Waals surface area (Å²) in [7, 11) is 1.85. The number of aryl methyl sites for hydroxylation is 2. The molecule has 1 N–H and O–H groups in total. The second-order valence-electron chi connectivity index (χ2n) is 6.59. The summed E-state index contributed by atoms with van der Waals surface area (Å²) < 4.78 is 7.14. The van der Waals surface area contributed by atoms with Crippen LogP contribution < -0.4 is 0 Å². The molecule has 2 saturated heterocycles. The normalized spacial score (nSPS) is 23.3. The molecule has 1 unspecified atom stereocenters. The van der Waals surface area contributed by atoms with Gasteiger partial charge in [0.05, 0.1) is 5.92 Å². The summed E-state index contributed by atoms with van der Waals surface area (Å²) >= 11 is 0. The minimum absolute atomic E-state index is 0.0285. The van der Waals surface area contributed by atoms with Crippen LogP contribution in [0.5, 0.6) is 0 Å². The highest BCUT2D eigenvalue weighted by Gasteiger charge is 2.51. The number of amides is 1. The van der Waals surface area contributed by atoms with E-state index in [1.54, 1.807) is 15.8 Å². The Bertz CT molecular complexity index is 592. The van der Waals surface area contributed by atoms with E-state index in [-0.39, 0.29) is 11.3 Å². The Balaban J connectivity index is 1.65. The van der Waals surface area contributed by atoms with Gasteiger partial charge in [-0.1, -0.05) is 0 Å². The fourth-order valence-electron chi connectivity index (χ4n) is 3.82. The lowest BCUT2D eigenvalue weighted by Gasteiger charge is -2.36. The number of aromatic nitrogens is 2. The van der Waals surface area contributed by atoms with E-state index < -0.39 is 11.9 Å². The van der Waals surface area contributed by atoms with Gasteiger partial charge in [0.25, 0.3) is 0 Å². The van der Waals surface area contributed by atoms with Crippen LogP contribution in [0.3, 0.4) is 0 Å². The zero-order valence-corrected chi connectivity index (χ0v) is 13.4. The fourth-order valence-corrected chi connectivity index (χ4v) is 3.82. The Morgan fingerprint density at radius 1 is 1.43 bits per heavy atom. The van der Waals surface area contributed by atoms with Crippen molar-refractivity contribution in [3.05, 3.63) is 18.0 Å². The largest absolute Gasteiger partial charge is 0.481 e. The summed E-state index contributed by atoms with van der Waals surface area (Å²) in [4.78, 5) is 25.9. The van der Waals surface area contributed by atoms with Crippen molar-refractivity contribution in [2.45, 2.75) is 25.7 Å². The molecule has 126 valence electrons. The van der Waals surface area contributed by atoms with Crippen LogP contribution in [0.25, 0.3) is 0 Å². The van der Waals surface area contributed by atoms with Crippen LogP contribution in [0.15, 0.2) is 12.3 Å². The minimum atomic E-state index is -0.797. The molecular formula is C16H23N3O4. The molecule has 7 nitrogen and oxygen atoms in total. The van der Waals surface area contributed by atoms with Crippen LogP contribution in [0.2, 0.25) is 0 Å². The summed E-state index contributed by atoms with van der Waals surface area (Å²) in [5, 5.41) is 13.7. The highest BCUT2D eigenvalue weighted by Crippen LogP contribution is 2.44. The van der Waals surface area contributed by atoms with Crippen LogP contribution in [0, 0.1) is 11.3 Å². The first-order valence-electron chi connectivity index (χ1n) is 8.07. The third-order valence-corrected chi connectivity index (χ3v) is 5.30. The molecule has 1 atom stereocenters. The van der Waals surface area contributed by atoms with E-state index in [2.05, 4.69) is 5.10 Å². The SMILES string of the molecule is Cn1nccc1CCC(=O)N1CC(C(=O)O)C2(CCOCC2)C1. The number of carboxylic acids is 1. The van der Waals surface area contributed by atoms with Gasteiger partial charge in [0.15, 0.2) is 0 Å². The quantitative estimate of drug-likeness (QED) is 0.882. The first-order valence-corrected chi connectivity index (χ1v) is 8.07. The maximum Gasteiger partial charge on any atom is 0.308 e. The van der Waals surface area contributed by atoms with Crippen LogP contribution >= 0.6 is 0 Å². The minimum Gasteiger partial charge on any atom is -0.481 e. The van der Waals surface area contributed by atoms with Crippen molar-refractivity contribution in [3.63, 3.8) is 0 Å². The molecule has 0 aromatic carbocycles. The smallest absolute Gasteiger partial charge is 0.308 e. The average Bonchev–Trinajstić information content (AvgIpc) is 3.10. The number of likely N-dealkylation sites (tertiary alicyclic amines) is 1. The highest BCUT2D eigenvalue weighted by molar-refractivity contribution is 5.79. The van der Waals surface area contributed by atoms with Crippen molar-refractivity contribution in [3.8, 4) is 0 Å². The van der Waals surface area contributed by atoms with Gasteiger partial charge in [-0.05, 0) is 25.3 Å². The number of carbonyl (C=O) groups excluding carboxylic acids is 1. The number of hydrogen-bond donors (Lipinski definition) is 1. The van der Waals surface area contributed by atoms with Gasteiger partial charge >= 0.3 is 5.97 Å². The number of hydrogen-bond acceptors (Lipinski definition) is 4. The second kappa shape index (κ2) is 6.31. The van der Waals surface area contributed by atoms with Crippen molar-refractivity contribution in [2.24, 2.45) is 18.4 Å². The monoisotopic (exact) mass is 321 g/mol. The Morgan fingerprint density at radius 2 is 2.17 bits per heavy atom. The Kier molecular flexibility index (Phi) is 4.39. The van der Waals surface area contributed by atoms with Crippen molar-refractivity contribution in [2.75, 3.05) is 26.3 Å². The molecule has 23 heavy (non-hydrogen) atoms. The molecule has 0 radical (unpaired) electrons. The number of aliphatic carboxylic acids is 1. The number of carboxylic acid groups (broad SMARTS) is 1. The average molecular weight is 321 g/mol. The summed E-state index contributed by atoms with van der Waals surface area (Å²) in [6.07, 6.45) is 4.16. The van der Waals surface area contributed by atoms with Gasteiger partial charge < -0.3 is 14.7 Å². The molecule has 1 aromatic rings. The Hall–Kier alpha value is -1.89. The molecule has 1 spiro atoms. The second-order valence-corrected chi connectivity index (χ2v) is 6.59. The maximum absolute atomic E-state index is 12.5. The molecule has 0 bridgehead atoms. The van der Waals surface area contributed by atoms with Crippen molar-refractivity contribution in [1.29, 1.82) is 0 Å². The van der Waals surface area contributed by atoms with Gasteiger partial charge in [-0.25, -0.2) is 0 Å². The molecule has 3 rings (SSSR count). The third kappa shape index (κ3) is 3.10. The van der Waals surface area contributed by atoms with Crippen LogP contribution in [-0.2, 0) is 27.8 Å². The Labute approximate surface area is 135 Å². The van der Waals surface area contributed by atoms with Crippen molar-refractivity contribution < 1.29 is 19.4 Å². The molecule has 2 aliphatic heterocycles. The summed E-state index contributed by atoms with van der Waals surface area (Å²) in [5.74, 6) is -1.25. The maximum atomic E-state index is 12.5. The van der Waals surface area contributed by atoms with Gasteiger partial charge in [0, 0.05) is 57.1 Å². The van der Waals surface area contributed by atoms with E-state index in [4.69, 9.17) is 4.74 Å². The van der Waals surface area contributed by atoms with Gasteiger partial charge in [-0.2, -0.15) is 5.10 Å². The summed E-state index contributed by atoms with van der Waals surface area (Å²) in [6.45, 7) is 2.03. The van der Waals surface area contributed by atoms with Gasteiger partial charge in [0.2, 0.25) is 5.91 Å². The molecular weight excluding hydrogens is 298 g/mol. The fraction of sp³-hybridized carbons (Fsp3) is 0.688. The number of nitrogens with zero attached hydrogens (tertiary/aromatic N) is 3. The Morgan fingerprint density at radius 3 is 2.78 bits per heavy atom. The lowest BCUT2D eigenvalue weighted by atomic mass is 9.72. The van der Waals surface area contributed by atoms with E-state index in [0.717, 1.165) is 18.5 Å². The van der Waals surface area contributed by atoms with E-state index >= 15 is 0 Å². The van der Waals surface area contributed by atoms with E-state index in [1.807, 2.05) is 13.1 Å². The van der Waals surface area contributed by atoms with Gasteiger partial charge in [0.1, 0.15) is 0 Å². The van der Waals surface area contributed by atoms with E-state index in [1.165, 1.54) is 0 Å². The molecule has 3 heterocycles. The lowest BCUT2D eigenvalue weighted by molar-refractivity contribution is -0.146. The standard InChI is InChI=1S/C16H23N3O4/c1-18-12(4-7-17-18)2-3-14(20)19-10-13(15(21)22)16(11-19)5-8-23-9-6-16/h4,7,13H,2-3,5-6,8-11H2,1H3,(H,21,22). The molecule has 7 heteroatoms. The molecule has 1 aromatic heterocycles. The predicted molar refractivity (Wildman–Crippen MR) is 81.7 cm³/mol. The number of ether oxygens (including phenoxy) is 1. The van der Waals surface area contributed by atoms with Crippen LogP contribution in [0.1, 0.15) is 25.0 Å². The molecule has 2 fully saturated rings. The third-order valence-electron chi connectivity index (χ3n) is 5.30. The zero-order chi connectivity index (χ0) is 16.4. The summed E-state index contributed by atoms with van der Waals surface area (Å²) in [5.41, 5.74) is 0.694. The van der Waals surface area contributed by atoms with E-state index in [0.29, 0.717) is 39.1 Å². The zero-order valence-electron chi connectivity index (χ0n) is 13.4. The summed E-state index contributed by atoms with van der Waals surface area (Å²) in [6, 6.07) is 1.90. The van der Waals surface area contributed by atoms with Gasteiger partial charge in [-0.15, -0.1) is 0 Å².